The van der Waals surface area contributed by atoms with E-state index in [4.69, 9.17) is 14.8 Å². The summed E-state index contributed by atoms with van der Waals surface area (Å²) in [5, 5.41) is 0. The van der Waals surface area contributed by atoms with Crippen LogP contribution in [-0.4, -0.2) is 32.9 Å². The Labute approximate surface area is 60.5 Å². The summed E-state index contributed by atoms with van der Waals surface area (Å²) in [6.07, 6.45) is 0. The Hall–Kier alpha value is -0.0200. The maximum Gasteiger partial charge on any atom is 0.283 e. The molecule has 0 rings (SSSR count). The van der Waals surface area contributed by atoms with E-state index in [2.05, 4.69) is 0 Å². The maximum atomic E-state index is 10.1. The minimum atomic E-state index is -4.49. The topological polar surface area (TPSA) is 118 Å². The van der Waals surface area contributed by atoms with Crippen molar-refractivity contribution in [2.45, 2.75) is 4.58 Å². The molecule has 0 spiro atoms. The highest BCUT2D eigenvalue weighted by atomic mass is 32.3. The molecule has 62 valence electrons. The lowest BCUT2D eigenvalue weighted by Crippen LogP contribution is -2.32. The van der Waals surface area contributed by atoms with E-state index < -0.39 is 32.3 Å². The van der Waals surface area contributed by atoms with Gasteiger partial charge in [-0.05, 0) is 0 Å². The molecule has 4 N–H and O–H groups in total. The lowest BCUT2D eigenvalue weighted by molar-refractivity contribution is 0.474. The third-order valence-electron chi connectivity index (χ3n) is 0.750. The van der Waals surface area contributed by atoms with Crippen molar-refractivity contribution in [3.63, 3.8) is 0 Å². The van der Waals surface area contributed by atoms with Gasteiger partial charge in [-0.1, -0.05) is 0 Å². The number of rotatable bonds is 3. The first-order valence-corrected chi connectivity index (χ1v) is 4.83. The Morgan fingerprint density at radius 2 is 2.00 bits per heavy atom. The van der Waals surface area contributed by atoms with Crippen LogP contribution in [0.2, 0.25) is 0 Å². The molecule has 0 heterocycles. The molecular formula is C2H7NO5S2. The third kappa shape index (κ3) is 2.71. The minimum Gasteiger partial charge on any atom is -0.328 e. The fourth-order valence-electron chi connectivity index (χ4n) is 0.308. The maximum absolute atomic E-state index is 10.1. The van der Waals surface area contributed by atoms with Gasteiger partial charge in [-0.2, -0.15) is 8.42 Å². The lowest BCUT2D eigenvalue weighted by atomic mass is 10.8. The quantitative estimate of drug-likeness (QED) is 0.363. The van der Waals surface area contributed by atoms with Gasteiger partial charge in [0.15, 0.2) is 15.7 Å². The largest absolute Gasteiger partial charge is 0.328 e. The van der Waals surface area contributed by atoms with Gasteiger partial charge in [0.05, 0.1) is 0 Å². The average molecular weight is 189 g/mol. The predicted molar refractivity (Wildman–Crippen MR) is 35.2 cm³/mol. The molecule has 0 saturated carbocycles. The van der Waals surface area contributed by atoms with Crippen LogP contribution in [0.25, 0.3) is 0 Å². The first-order chi connectivity index (χ1) is 4.39. The Morgan fingerprint density at radius 1 is 1.60 bits per heavy atom. The molecule has 0 aromatic carbocycles. The first kappa shape index (κ1) is 9.98. The van der Waals surface area contributed by atoms with E-state index in [-0.39, 0.29) is 0 Å². The standard InChI is InChI=1S/C2H7NO5S2/c3-1-2(9(4)5)10(6,7)8/h2H,1,3H2,(H,4,5)(H,6,7,8). The zero-order valence-electron chi connectivity index (χ0n) is 4.80. The Morgan fingerprint density at radius 3 is 2.00 bits per heavy atom. The Kier molecular flexibility index (Phi) is 3.39. The smallest absolute Gasteiger partial charge is 0.283 e. The molecule has 0 saturated heterocycles. The predicted octanol–water partition coefficient (Wildman–Crippen LogP) is -1.62. The highest BCUT2D eigenvalue weighted by molar-refractivity contribution is 8.01. The first-order valence-electron chi connectivity index (χ1n) is 2.15. The summed E-state index contributed by atoms with van der Waals surface area (Å²) in [5.41, 5.74) is 4.77. The van der Waals surface area contributed by atoms with E-state index in [9.17, 15) is 12.6 Å². The zero-order chi connectivity index (χ0) is 8.36. The van der Waals surface area contributed by atoms with Gasteiger partial charge < -0.3 is 10.3 Å². The van der Waals surface area contributed by atoms with Gasteiger partial charge in [0.25, 0.3) is 10.1 Å². The van der Waals surface area contributed by atoms with Crippen molar-refractivity contribution < 1.29 is 21.7 Å². The van der Waals surface area contributed by atoms with Crippen LogP contribution in [0.1, 0.15) is 0 Å². The second-order valence-corrected chi connectivity index (χ2v) is 4.48. The molecule has 0 bridgehead atoms. The van der Waals surface area contributed by atoms with Crippen LogP contribution < -0.4 is 5.73 Å². The molecule has 0 fully saturated rings. The molecule has 10 heavy (non-hydrogen) atoms. The summed E-state index contributed by atoms with van der Waals surface area (Å²) in [6, 6.07) is 0. The molecule has 0 aliphatic rings. The van der Waals surface area contributed by atoms with Crippen molar-refractivity contribution in [1.29, 1.82) is 0 Å². The Balaban J connectivity index is 4.55. The Bertz CT molecular complexity index is 220. The molecule has 6 nitrogen and oxygen atoms in total. The van der Waals surface area contributed by atoms with Gasteiger partial charge in [0.1, 0.15) is 0 Å². The molecule has 0 radical (unpaired) electrons. The summed E-state index contributed by atoms with van der Waals surface area (Å²) < 4.78 is 44.9. The molecule has 8 heteroatoms. The fraction of sp³-hybridized carbons (Fsp3) is 1.00. The van der Waals surface area contributed by atoms with Crippen molar-refractivity contribution in [2.75, 3.05) is 6.54 Å². The molecular weight excluding hydrogens is 182 g/mol. The van der Waals surface area contributed by atoms with E-state index in [1.54, 1.807) is 0 Å². The molecule has 2 atom stereocenters. The molecule has 0 aliphatic carbocycles. The summed E-state index contributed by atoms with van der Waals surface area (Å²) >= 11 is -2.64. The van der Waals surface area contributed by atoms with Gasteiger partial charge in [0, 0.05) is 6.54 Å². The molecule has 2 unspecified atom stereocenters. The average Bonchev–Trinajstić information content (AvgIpc) is 1.60. The minimum absolute atomic E-state index is 0.581. The molecule has 0 aromatic heterocycles. The van der Waals surface area contributed by atoms with E-state index >= 15 is 0 Å². The molecule has 0 aliphatic heterocycles. The second-order valence-electron chi connectivity index (χ2n) is 1.46. The van der Waals surface area contributed by atoms with Gasteiger partial charge in [-0.3, -0.25) is 4.55 Å². The van der Waals surface area contributed by atoms with Gasteiger partial charge in [-0.15, -0.1) is 0 Å². The van der Waals surface area contributed by atoms with Gasteiger partial charge in [-0.25, -0.2) is 4.21 Å². The van der Waals surface area contributed by atoms with E-state index in [1.807, 2.05) is 0 Å². The highest BCUT2D eigenvalue weighted by Gasteiger charge is 2.26. The summed E-state index contributed by atoms with van der Waals surface area (Å²) in [7, 11) is -4.49. The van der Waals surface area contributed by atoms with Crippen LogP contribution in [-0.2, 0) is 21.2 Å². The van der Waals surface area contributed by atoms with Crippen molar-refractivity contribution in [1.82, 2.24) is 0 Å². The van der Waals surface area contributed by atoms with E-state index in [0.29, 0.717) is 0 Å². The summed E-state index contributed by atoms with van der Waals surface area (Å²) in [6.45, 7) is -0.581. The third-order valence-corrected chi connectivity index (χ3v) is 3.47. The normalized spacial score (nSPS) is 18.3. The molecule has 0 aromatic rings. The number of hydrogen-bond donors (Lipinski definition) is 3. The van der Waals surface area contributed by atoms with Crippen LogP contribution in [0.15, 0.2) is 0 Å². The van der Waals surface area contributed by atoms with Crippen molar-refractivity contribution in [2.24, 2.45) is 5.73 Å². The van der Waals surface area contributed by atoms with Crippen molar-refractivity contribution in [3.8, 4) is 0 Å². The van der Waals surface area contributed by atoms with Crippen LogP contribution >= 0.6 is 0 Å². The SMILES string of the molecule is NCC(S(=O)O)S(=O)(=O)O. The van der Waals surface area contributed by atoms with Gasteiger partial charge in [0.2, 0.25) is 0 Å². The fourth-order valence-corrected chi connectivity index (χ4v) is 1.55. The monoisotopic (exact) mass is 189 g/mol. The van der Waals surface area contributed by atoms with Crippen LogP contribution in [0.4, 0.5) is 0 Å². The van der Waals surface area contributed by atoms with Crippen LogP contribution in [0, 0.1) is 0 Å². The van der Waals surface area contributed by atoms with Crippen molar-refractivity contribution >= 4 is 21.2 Å². The van der Waals surface area contributed by atoms with Crippen LogP contribution in [0.5, 0.6) is 0 Å². The van der Waals surface area contributed by atoms with Crippen LogP contribution in [0.3, 0.4) is 0 Å². The number of hydrogen-bond acceptors (Lipinski definition) is 4. The van der Waals surface area contributed by atoms with E-state index in [0.717, 1.165) is 0 Å². The highest BCUT2D eigenvalue weighted by Crippen LogP contribution is 1.99. The number of nitrogens with two attached hydrogens (primary N) is 1. The van der Waals surface area contributed by atoms with Gasteiger partial charge >= 0.3 is 0 Å². The zero-order valence-corrected chi connectivity index (χ0v) is 6.43. The second kappa shape index (κ2) is 3.39. The lowest BCUT2D eigenvalue weighted by Gasteiger charge is -2.04. The summed E-state index contributed by atoms with van der Waals surface area (Å²) in [4.78, 5) is 0. The van der Waals surface area contributed by atoms with E-state index in [1.165, 1.54) is 0 Å². The summed E-state index contributed by atoms with van der Waals surface area (Å²) in [5.74, 6) is 0. The molecule has 0 amide bonds. The van der Waals surface area contributed by atoms with Crippen molar-refractivity contribution in [3.05, 3.63) is 0 Å².